The average Bonchev–Trinajstić information content (AvgIpc) is 2.91. The predicted octanol–water partition coefficient (Wildman–Crippen LogP) is 1.88. The van der Waals surface area contributed by atoms with Crippen LogP contribution in [-0.4, -0.2) is 42.5 Å². The van der Waals surface area contributed by atoms with Gasteiger partial charge in [-0.2, -0.15) is 0 Å². The molecule has 0 aromatic carbocycles. The highest BCUT2D eigenvalue weighted by atomic mass is 16.2. The van der Waals surface area contributed by atoms with Crippen molar-refractivity contribution >= 4 is 5.91 Å². The van der Waals surface area contributed by atoms with Crippen LogP contribution in [0.4, 0.5) is 0 Å². The van der Waals surface area contributed by atoms with Crippen LogP contribution in [0.1, 0.15) is 58.3 Å². The number of likely N-dealkylation sites (N-methyl/N-ethyl adjacent to an activating group) is 1. The molecule has 2 saturated carbocycles. The summed E-state index contributed by atoms with van der Waals surface area (Å²) in [6.45, 7) is 3.45. The number of nitrogens with two attached hydrogens (primary N) is 1. The molecule has 2 atom stereocenters. The van der Waals surface area contributed by atoms with E-state index in [-0.39, 0.29) is 11.4 Å². The molecule has 2 aliphatic rings. The summed E-state index contributed by atoms with van der Waals surface area (Å²) in [5.41, 5.74) is 6.10. The van der Waals surface area contributed by atoms with Crippen molar-refractivity contribution in [3.05, 3.63) is 0 Å². The molecule has 2 rings (SSSR count). The zero-order chi connectivity index (χ0) is 14.6. The van der Waals surface area contributed by atoms with Gasteiger partial charge in [0.1, 0.15) is 0 Å². The maximum atomic E-state index is 12.2. The second-order valence-electron chi connectivity index (χ2n) is 7.03. The summed E-state index contributed by atoms with van der Waals surface area (Å²) >= 11 is 0. The van der Waals surface area contributed by atoms with Crippen LogP contribution in [0, 0.1) is 5.92 Å². The second kappa shape index (κ2) is 6.90. The van der Waals surface area contributed by atoms with Gasteiger partial charge in [-0.1, -0.05) is 32.6 Å². The quantitative estimate of drug-likeness (QED) is 0.809. The smallest absolute Gasteiger partial charge is 0.234 e. The van der Waals surface area contributed by atoms with Gasteiger partial charge in [-0.25, -0.2) is 0 Å². The number of hydrogen-bond acceptors (Lipinski definition) is 3. The fourth-order valence-corrected chi connectivity index (χ4v) is 4.05. The summed E-state index contributed by atoms with van der Waals surface area (Å²) in [5, 5.41) is 3.18. The summed E-state index contributed by atoms with van der Waals surface area (Å²) in [6.07, 6.45) is 9.58. The molecular weight excluding hydrogens is 250 g/mol. The first-order valence-electron chi connectivity index (χ1n) is 8.26. The van der Waals surface area contributed by atoms with Crippen molar-refractivity contribution in [2.45, 2.75) is 69.9 Å². The van der Waals surface area contributed by atoms with Crippen LogP contribution in [0.2, 0.25) is 0 Å². The first-order valence-corrected chi connectivity index (χ1v) is 8.26. The van der Waals surface area contributed by atoms with E-state index < -0.39 is 0 Å². The van der Waals surface area contributed by atoms with Gasteiger partial charge in [-0.3, -0.25) is 9.69 Å². The summed E-state index contributed by atoms with van der Waals surface area (Å²) < 4.78 is 0. The maximum absolute atomic E-state index is 12.2. The molecule has 2 unspecified atom stereocenters. The number of nitrogens with zero attached hydrogens (tertiary/aromatic N) is 1. The van der Waals surface area contributed by atoms with E-state index in [1.807, 2.05) is 0 Å². The normalized spacial score (nSPS) is 31.7. The van der Waals surface area contributed by atoms with Crippen LogP contribution in [0.15, 0.2) is 0 Å². The van der Waals surface area contributed by atoms with Crippen molar-refractivity contribution in [2.24, 2.45) is 11.7 Å². The molecule has 0 heterocycles. The average molecular weight is 281 g/mol. The van der Waals surface area contributed by atoms with E-state index >= 15 is 0 Å². The van der Waals surface area contributed by atoms with Gasteiger partial charge in [0.25, 0.3) is 0 Å². The van der Waals surface area contributed by atoms with Gasteiger partial charge < -0.3 is 11.1 Å². The molecular formula is C16H31N3O. The van der Waals surface area contributed by atoms with E-state index in [0.717, 1.165) is 25.7 Å². The Balaban J connectivity index is 1.87. The Labute approximate surface area is 123 Å². The Kier molecular flexibility index (Phi) is 5.44. The largest absolute Gasteiger partial charge is 0.352 e. The molecule has 0 aromatic heterocycles. The van der Waals surface area contributed by atoms with E-state index in [9.17, 15) is 4.79 Å². The lowest BCUT2D eigenvalue weighted by Gasteiger charge is -2.46. The molecule has 0 spiro atoms. The van der Waals surface area contributed by atoms with Crippen LogP contribution < -0.4 is 11.1 Å². The van der Waals surface area contributed by atoms with Gasteiger partial charge in [-0.15, -0.1) is 0 Å². The van der Waals surface area contributed by atoms with Gasteiger partial charge in [0.2, 0.25) is 5.91 Å². The maximum Gasteiger partial charge on any atom is 0.234 e. The van der Waals surface area contributed by atoms with Gasteiger partial charge in [-0.05, 0) is 38.6 Å². The van der Waals surface area contributed by atoms with Crippen molar-refractivity contribution in [3.63, 3.8) is 0 Å². The van der Waals surface area contributed by atoms with Gasteiger partial charge in [0.15, 0.2) is 0 Å². The summed E-state index contributed by atoms with van der Waals surface area (Å²) in [6, 6.07) is 0.412. The van der Waals surface area contributed by atoms with Crippen molar-refractivity contribution in [2.75, 3.05) is 20.1 Å². The predicted molar refractivity (Wildman–Crippen MR) is 82.4 cm³/mol. The van der Waals surface area contributed by atoms with E-state index in [1.54, 1.807) is 0 Å². The first kappa shape index (κ1) is 15.8. The number of carbonyl (C=O) groups is 1. The minimum absolute atomic E-state index is 0.0324. The molecule has 1 amide bonds. The molecule has 2 aliphatic carbocycles. The first-order chi connectivity index (χ1) is 9.55. The summed E-state index contributed by atoms with van der Waals surface area (Å²) in [5.74, 6) is 0.887. The highest BCUT2D eigenvalue weighted by molar-refractivity contribution is 5.78. The second-order valence-corrected chi connectivity index (χ2v) is 7.03. The van der Waals surface area contributed by atoms with Crippen LogP contribution in [-0.2, 0) is 4.79 Å². The molecule has 0 aromatic rings. The minimum Gasteiger partial charge on any atom is -0.352 e. The Hall–Kier alpha value is -0.610. The molecule has 0 aliphatic heterocycles. The number of nitrogens with one attached hydrogen (secondary N) is 1. The Morgan fingerprint density at radius 1 is 1.30 bits per heavy atom. The van der Waals surface area contributed by atoms with E-state index in [4.69, 9.17) is 5.73 Å². The van der Waals surface area contributed by atoms with E-state index in [0.29, 0.717) is 25.0 Å². The fraction of sp³-hybridized carbons (Fsp3) is 0.938. The molecule has 0 bridgehead atoms. The monoisotopic (exact) mass is 281 g/mol. The van der Waals surface area contributed by atoms with Crippen molar-refractivity contribution < 1.29 is 4.79 Å². The molecule has 0 radical (unpaired) electrons. The summed E-state index contributed by atoms with van der Waals surface area (Å²) in [4.78, 5) is 14.4. The zero-order valence-electron chi connectivity index (χ0n) is 13.2. The number of carbonyl (C=O) groups excluding carboxylic acids is 1. The van der Waals surface area contributed by atoms with E-state index in [2.05, 4.69) is 24.2 Å². The Morgan fingerprint density at radius 3 is 2.60 bits per heavy atom. The minimum atomic E-state index is 0.0324. The van der Waals surface area contributed by atoms with Gasteiger partial charge in [0, 0.05) is 18.1 Å². The molecule has 4 heteroatoms. The molecule has 3 N–H and O–H groups in total. The highest BCUT2D eigenvalue weighted by Gasteiger charge is 2.38. The molecule has 2 fully saturated rings. The SMILES string of the molecule is CC1CCCC(CN)(N(C)CC(=O)NC2CCCC2)C1. The van der Waals surface area contributed by atoms with Crippen LogP contribution >= 0.6 is 0 Å². The topological polar surface area (TPSA) is 58.4 Å². The van der Waals surface area contributed by atoms with Crippen LogP contribution in [0.5, 0.6) is 0 Å². The Morgan fingerprint density at radius 2 is 2.00 bits per heavy atom. The molecule has 0 saturated heterocycles. The molecule has 116 valence electrons. The van der Waals surface area contributed by atoms with Gasteiger partial charge in [0.05, 0.1) is 6.54 Å². The van der Waals surface area contributed by atoms with Crippen molar-refractivity contribution in [3.8, 4) is 0 Å². The van der Waals surface area contributed by atoms with Crippen LogP contribution in [0.3, 0.4) is 0 Å². The zero-order valence-corrected chi connectivity index (χ0v) is 13.2. The Bertz CT molecular complexity index is 328. The standard InChI is InChI=1S/C16H31N3O/c1-13-6-5-9-16(10-13,12-17)19(2)11-15(20)18-14-7-3-4-8-14/h13-14H,3-12,17H2,1-2H3,(H,18,20). The van der Waals surface area contributed by atoms with Crippen molar-refractivity contribution in [1.29, 1.82) is 0 Å². The van der Waals surface area contributed by atoms with Gasteiger partial charge >= 0.3 is 0 Å². The molecule has 4 nitrogen and oxygen atoms in total. The molecule has 20 heavy (non-hydrogen) atoms. The highest BCUT2D eigenvalue weighted by Crippen LogP contribution is 2.35. The lowest BCUT2D eigenvalue weighted by Crippen LogP contribution is -2.57. The lowest BCUT2D eigenvalue weighted by atomic mass is 9.75. The number of amides is 1. The third-order valence-electron chi connectivity index (χ3n) is 5.36. The number of hydrogen-bond donors (Lipinski definition) is 2. The lowest BCUT2D eigenvalue weighted by molar-refractivity contribution is -0.124. The third-order valence-corrected chi connectivity index (χ3v) is 5.36. The van der Waals surface area contributed by atoms with E-state index in [1.165, 1.54) is 25.7 Å². The third kappa shape index (κ3) is 3.73. The summed E-state index contributed by atoms with van der Waals surface area (Å²) in [7, 11) is 2.07. The fourth-order valence-electron chi connectivity index (χ4n) is 4.05. The van der Waals surface area contributed by atoms with Crippen molar-refractivity contribution in [1.82, 2.24) is 10.2 Å². The van der Waals surface area contributed by atoms with Crippen LogP contribution in [0.25, 0.3) is 0 Å². The number of rotatable bonds is 5.